The van der Waals surface area contributed by atoms with Crippen LogP contribution in [0.2, 0.25) is 0 Å². The molecule has 6 nitrogen and oxygen atoms in total. The molecule has 0 atom stereocenters. The lowest BCUT2D eigenvalue weighted by Crippen LogP contribution is -1.92. The zero-order chi connectivity index (χ0) is 8.97. The number of aromatic nitrogens is 2. The van der Waals surface area contributed by atoms with E-state index in [9.17, 15) is 10.1 Å². The van der Waals surface area contributed by atoms with Crippen molar-refractivity contribution in [3.63, 3.8) is 0 Å². The number of nitrogens with zero attached hydrogens (tertiary/aromatic N) is 3. The predicted octanol–water partition coefficient (Wildman–Crippen LogP) is 0.774. The molecule has 0 bridgehead atoms. The van der Waals surface area contributed by atoms with Gasteiger partial charge in [0.2, 0.25) is 0 Å². The van der Waals surface area contributed by atoms with Crippen molar-refractivity contribution in [3.05, 3.63) is 22.0 Å². The van der Waals surface area contributed by atoms with Crippen LogP contribution in [0, 0.1) is 21.4 Å². The summed E-state index contributed by atoms with van der Waals surface area (Å²) in [5.41, 5.74) is 0.354. The molecule has 0 amide bonds. The normalized spacial score (nSPS) is 9.25. The molecule has 62 valence electrons. The lowest BCUT2D eigenvalue weighted by Gasteiger charge is -1.89. The van der Waals surface area contributed by atoms with Gasteiger partial charge in [0, 0.05) is 12.8 Å². The van der Waals surface area contributed by atoms with Crippen LogP contribution in [0.5, 0.6) is 0 Å². The predicted molar refractivity (Wildman–Crippen MR) is 39.2 cm³/mol. The van der Waals surface area contributed by atoms with Crippen LogP contribution >= 0.6 is 0 Å². The highest BCUT2D eigenvalue weighted by atomic mass is 16.6. The standard InChI is InChI=1S/C6H6N4O2/c7-3-1-2-5-6(10(11)12)4-8-9-5/h4H,1-2H2,(H,8,9). The van der Waals surface area contributed by atoms with Crippen molar-refractivity contribution in [1.29, 1.82) is 5.26 Å². The Bertz CT molecular complexity index is 325. The molecule has 0 aliphatic rings. The molecular formula is C6H6N4O2. The average molecular weight is 166 g/mol. The van der Waals surface area contributed by atoms with Gasteiger partial charge in [-0.3, -0.25) is 15.2 Å². The van der Waals surface area contributed by atoms with Gasteiger partial charge in [-0.15, -0.1) is 0 Å². The average Bonchev–Trinajstić information content (AvgIpc) is 2.48. The van der Waals surface area contributed by atoms with Gasteiger partial charge in [0.1, 0.15) is 11.9 Å². The first-order valence-corrected chi connectivity index (χ1v) is 3.29. The number of H-pyrrole nitrogens is 1. The minimum atomic E-state index is -0.518. The van der Waals surface area contributed by atoms with Crippen LogP contribution in [0.15, 0.2) is 6.20 Å². The Morgan fingerprint density at radius 3 is 3.17 bits per heavy atom. The van der Waals surface area contributed by atoms with Crippen molar-refractivity contribution in [2.75, 3.05) is 0 Å². The van der Waals surface area contributed by atoms with Crippen LogP contribution < -0.4 is 0 Å². The van der Waals surface area contributed by atoms with Gasteiger partial charge in [-0.25, -0.2) is 0 Å². The maximum atomic E-state index is 10.3. The summed E-state index contributed by atoms with van der Waals surface area (Å²) in [7, 11) is 0. The van der Waals surface area contributed by atoms with Gasteiger partial charge in [-0.2, -0.15) is 10.4 Å². The second-order valence-corrected chi connectivity index (χ2v) is 2.15. The first-order valence-electron chi connectivity index (χ1n) is 3.29. The molecule has 0 fully saturated rings. The van der Waals surface area contributed by atoms with E-state index in [1.807, 2.05) is 6.07 Å². The van der Waals surface area contributed by atoms with E-state index < -0.39 is 4.92 Å². The van der Waals surface area contributed by atoms with Crippen molar-refractivity contribution in [1.82, 2.24) is 10.2 Å². The maximum Gasteiger partial charge on any atom is 0.309 e. The van der Waals surface area contributed by atoms with Crippen LogP contribution in [0.25, 0.3) is 0 Å². The van der Waals surface area contributed by atoms with Gasteiger partial charge >= 0.3 is 5.69 Å². The van der Waals surface area contributed by atoms with E-state index in [1.165, 1.54) is 0 Å². The molecule has 0 spiro atoms. The van der Waals surface area contributed by atoms with Crippen molar-refractivity contribution in [3.8, 4) is 6.07 Å². The Morgan fingerprint density at radius 2 is 2.58 bits per heavy atom. The Labute approximate surface area is 68.0 Å². The molecule has 12 heavy (non-hydrogen) atoms. The van der Waals surface area contributed by atoms with Crippen LogP contribution in [0.1, 0.15) is 12.1 Å². The number of hydrogen-bond donors (Lipinski definition) is 1. The van der Waals surface area contributed by atoms with E-state index in [2.05, 4.69) is 10.2 Å². The highest BCUT2D eigenvalue weighted by molar-refractivity contribution is 5.31. The van der Waals surface area contributed by atoms with Crippen LogP contribution in [0.4, 0.5) is 5.69 Å². The number of hydrogen-bond acceptors (Lipinski definition) is 4. The molecule has 1 N–H and O–H groups in total. The SMILES string of the molecule is N#CCCc1[nH]ncc1[N+](=O)[O-]. The van der Waals surface area contributed by atoms with Crippen LogP contribution in [0.3, 0.4) is 0 Å². The molecule has 0 unspecified atom stereocenters. The topological polar surface area (TPSA) is 95.6 Å². The van der Waals surface area contributed by atoms with Gasteiger partial charge in [-0.05, 0) is 0 Å². The molecule has 0 radical (unpaired) electrons. The van der Waals surface area contributed by atoms with Gasteiger partial charge in [0.05, 0.1) is 11.0 Å². The van der Waals surface area contributed by atoms with Crippen molar-refractivity contribution in [2.24, 2.45) is 0 Å². The Morgan fingerprint density at radius 1 is 1.83 bits per heavy atom. The molecule has 1 heterocycles. The highest BCUT2D eigenvalue weighted by Crippen LogP contribution is 2.15. The summed E-state index contributed by atoms with van der Waals surface area (Å²) in [5, 5.41) is 24.5. The quantitative estimate of drug-likeness (QED) is 0.529. The van der Waals surface area contributed by atoms with Crippen molar-refractivity contribution in [2.45, 2.75) is 12.8 Å². The largest absolute Gasteiger partial charge is 0.309 e. The summed E-state index contributed by atoms with van der Waals surface area (Å²) in [5.74, 6) is 0. The van der Waals surface area contributed by atoms with E-state index >= 15 is 0 Å². The molecule has 1 rings (SSSR count). The van der Waals surface area contributed by atoms with E-state index in [0.717, 1.165) is 6.20 Å². The highest BCUT2D eigenvalue weighted by Gasteiger charge is 2.14. The molecule has 6 heteroatoms. The fraction of sp³-hybridized carbons (Fsp3) is 0.333. The van der Waals surface area contributed by atoms with E-state index in [-0.39, 0.29) is 12.1 Å². The fourth-order valence-electron chi connectivity index (χ4n) is 0.829. The summed E-state index contributed by atoms with van der Waals surface area (Å²) in [6.45, 7) is 0. The minimum Gasteiger partial charge on any atom is -0.275 e. The van der Waals surface area contributed by atoms with Crippen LogP contribution in [-0.2, 0) is 6.42 Å². The number of nitro groups is 1. The van der Waals surface area contributed by atoms with Gasteiger partial charge < -0.3 is 0 Å². The number of rotatable bonds is 3. The van der Waals surface area contributed by atoms with E-state index in [4.69, 9.17) is 5.26 Å². The molecule has 0 saturated carbocycles. The smallest absolute Gasteiger partial charge is 0.275 e. The van der Waals surface area contributed by atoms with Crippen molar-refractivity contribution >= 4 is 5.69 Å². The molecular weight excluding hydrogens is 160 g/mol. The van der Waals surface area contributed by atoms with Gasteiger partial charge in [-0.1, -0.05) is 0 Å². The first kappa shape index (κ1) is 8.20. The van der Waals surface area contributed by atoms with Crippen molar-refractivity contribution < 1.29 is 4.92 Å². The molecule has 1 aromatic rings. The molecule has 0 aliphatic carbocycles. The molecule has 0 aliphatic heterocycles. The third-order valence-electron chi connectivity index (χ3n) is 1.38. The Kier molecular flexibility index (Phi) is 2.38. The Hall–Kier alpha value is -1.90. The zero-order valence-corrected chi connectivity index (χ0v) is 6.15. The van der Waals surface area contributed by atoms with E-state index in [1.54, 1.807) is 0 Å². The number of aromatic amines is 1. The third kappa shape index (κ3) is 1.58. The molecule has 0 aromatic carbocycles. The zero-order valence-electron chi connectivity index (χ0n) is 6.15. The second-order valence-electron chi connectivity index (χ2n) is 2.15. The summed E-state index contributed by atoms with van der Waals surface area (Å²) in [6.07, 6.45) is 1.74. The van der Waals surface area contributed by atoms with Gasteiger partial charge in [0.25, 0.3) is 0 Å². The monoisotopic (exact) mass is 166 g/mol. The maximum absolute atomic E-state index is 10.3. The molecule has 1 aromatic heterocycles. The first-order chi connectivity index (χ1) is 5.75. The third-order valence-corrected chi connectivity index (χ3v) is 1.38. The minimum absolute atomic E-state index is 0.0507. The number of aryl methyl sites for hydroxylation is 1. The lowest BCUT2D eigenvalue weighted by molar-refractivity contribution is -0.385. The summed E-state index contributed by atoms with van der Waals surface area (Å²) < 4.78 is 0. The van der Waals surface area contributed by atoms with E-state index in [0.29, 0.717) is 12.1 Å². The summed E-state index contributed by atoms with van der Waals surface area (Å²) >= 11 is 0. The van der Waals surface area contributed by atoms with Crippen LogP contribution in [-0.4, -0.2) is 15.1 Å². The molecule has 0 saturated heterocycles. The second kappa shape index (κ2) is 3.48. The summed E-state index contributed by atoms with van der Waals surface area (Å²) in [6, 6.07) is 1.90. The summed E-state index contributed by atoms with van der Waals surface area (Å²) in [4.78, 5) is 9.79. The Balaban J connectivity index is 2.79. The number of nitrogens with one attached hydrogen (secondary N) is 1. The fourth-order valence-corrected chi connectivity index (χ4v) is 0.829. The lowest BCUT2D eigenvalue weighted by atomic mass is 10.2. The van der Waals surface area contributed by atoms with Gasteiger partial charge in [0.15, 0.2) is 0 Å². The number of nitriles is 1.